The minimum Gasteiger partial charge on any atom is -0.489 e. The van der Waals surface area contributed by atoms with Gasteiger partial charge in [-0.15, -0.1) is 0 Å². The Morgan fingerprint density at radius 1 is 1.17 bits per heavy atom. The van der Waals surface area contributed by atoms with Crippen LogP contribution in [0, 0.1) is 0 Å². The summed E-state index contributed by atoms with van der Waals surface area (Å²) in [6.07, 6.45) is -0.452. The summed E-state index contributed by atoms with van der Waals surface area (Å²) < 4.78 is 5.64. The van der Waals surface area contributed by atoms with E-state index in [2.05, 4.69) is 0 Å². The van der Waals surface area contributed by atoms with Crippen molar-refractivity contribution in [3.8, 4) is 5.75 Å². The standard InChI is InChI=1S/C15H15ClO2/c1-11(17)13-5-7-15(8-6-13)18-10-12-3-2-4-14(16)9-12/h2-9,11,17H,10H2,1H3/t11-/m0/s1. The van der Waals surface area contributed by atoms with Gasteiger partial charge in [-0.1, -0.05) is 35.9 Å². The Hall–Kier alpha value is -1.51. The second kappa shape index (κ2) is 5.89. The zero-order valence-electron chi connectivity index (χ0n) is 10.1. The first-order valence-corrected chi connectivity index (χ1v) is 6.18. The maximum atomic E-state index is 9.40. The third kappa shape index (κ3) is 3.49. The maximum absolute atomic E-state index is 9.40. The van der Waals surface area contributed by atoms with Gasteiger partial charge in [0, 0.05) is 5.02 Å². The fourth-order valence-electron chi connectivity index (χ4n) is 1.64. The van der Waals surface area contributed by atoms with E-state index >= 15 is 0 Å². The summed E-state index contributed by atoms with van der Waals surface area (Å²) >= 11 is 5.90. The number of hydrogen-bond acceptors (Lipinski definition) is 2. The molecule has 2 aromatic carbocycles. The second-order valence-corrected chi connectivity index (χ2v) is 4.60. The molecule has 0 aliphatic heterocycles. The third-order valence-electron chi connectivity index (χ3n) is 2.66. The highest BCUT2D eigenvalue weighted by Crippen LogP contribution is 2.19. The molecule has 0 heterocycles. The molecule has 0 aliphatic rings. The van der Waals surface area contributed by atoms with Crippen molar-refractivity contribution in [1.82, 2.24) is 0 Å². The van der Waals surface area contributed by atoms with Gasteiger partial charge < -0.3 is 9.84 Å². The second-order valence-electron chi connectivity index (χ2n) is 4.16. The van der Waals surface area contributed by atoms with Gasteiger partial charge in [-0.2, -0.15) is 0 Å². The summed E-state index contributed by atoms with van der Waals surface area (Å²) in [5.74, 6) is 0.777. The van der Waals surface area contributed by atoms with Crippen molar-refractivity contribution in [2.75, 3.05) is 0 Å². The molecule has 0 saturated carbocycles. The lowest BCUT2D eigenvalue weighted by Gasteiger charge is -2.08. The molecule has 0 radical (unpaired) electrons. The average Bonchev–Trinajstić information content (AvgIpc) is 2.37. The van der Waals surface area contributed by atoms with Crippen molar-refractivity contribution >= 4 is 11.6 Å². The Morgan fingerprint density at radius 3 is 2.50 bits per heavy atom. The van der Waals surface area contributed by atoms with E-state index in [-0.39, 0.29) is 0 Å². The molecule has 0 spiro atoms. The van der Waals surface area contributed by atoms with Gasteiger partial charge in [-0.05, 0) is 42.3 Å². The van der Waals surface area contributed by atoms with Crippen LogP contribution in [0.4, 0.5) is 0 Å². The molecule has 2 aromatic rings. The van der Waals surface area contributed by atoms with Gasteiger partial charge in [0.05, 0.1) is 6.10 Å². The molecule has 18 heavy (non-hydrogen) atoms. The fourth-order valence-corrected chi connectivity index (χ4v) is 1.85. The van der Waals surface area contributed by atoms with Crippen molar-refractivity contribution < 1.29 is 9.84 Å². The topological polar surface area (TPSA) is 29.5 Å². The maximum Gasteiger partial charge on any atom is 0.119 e. The molecule has 1 atom stereocenters. The number of aliphatic hydroxyl groups is 1. The fraction of sp³-hybridized carbons (Fsp3) is 0.200. The normalized spacial score (nSPS) is 12.2. The Bertz CT molecular complexity index is 506. The third-order valence-corrected chi connectivity index (χ3v) is 2.89. The van der Waals surface area contributed by atoms with E-state index < -0.39 is 6.10 Å². The molecule has 0 aliphatic carbocycles. The molecule has 3 heteroatoms. The Labute approximate surface area is 112 Å². The van der Waals surface area contributed by atoms with E-state index in [1.54, 1.807) is 6.92 Å². The number of hydrogen-bond donors (Lipinski definition) is 1. The molecule has 0 amide bonds. The van der Waals surface area contributed by atoms with Gasteiger partial charge in [-0.3, -0.25) is 0 Å². The van der Waals surface area contributed by atoms with Crippen molar-refractivity contribution in [3.63, 3.8) is 0 Å². The predicted molar refractivity (Wildman–Crippen MR) is 72.9 cm³/mol. The first kappa shape index (κ1) is 12.9. The summed E-state index contributed by atoms with van der Waals surface area (Å²) in [6.45, 7) is 2.22. The van der Waals surface area contributed by atoms with Gasteiger partial charge in [0.25, 0.3) is 0 Å². The summed E-state index contributed by atoms with van der Waals surface area (Å²) in [4.78, 5) is 0. The molecular formula is C15H15ClO2. The summed E-state index contributed by atoms with van der Waals surface area (Å²) in [6, 6.07) is 15.0. The lowest BCUT2D eigenvalue weighted by Crippen LogP contribution is -1.96. The zero-order chi connectivity index (χ0) is 13.0. The number of rotatable bonds is 4. The highest BCUT2D eigenvalue weighted by atomic mass is 35.5. The first-order valence-electron chi connectivity index (χ1n) is 5.80. The van der Waals surface area contributed by atoms with Crippen LogP contribution < -0.4 is 4.74 Å². The van der Waals surface area contributed by atoms with E-state index in [9.17, 15) is 5.11 Å². The van der Waals surface area contributed by atoms with E-state index in [4.69, 9.17) is 16.3 Å². The molecule has 0 unspecified atom stereocenters. The molecule has 2 nitrogen and oxygen atoms in total. The molecule has 0 fully saturated rings. The van der Waals surface area contributed by atoms with Crippen molar-refractivity contribution in [1.29, 1.82) is 0 Å². The Morgan fingerprint density at radius 2 is 1.89 bits per heavy atom. The zero-order valence-corrected chi connectivity index (χ0v) is 10.9. The van der Waals surface area contributed by atoms with Crippen LogP contribution >= 0.6 is 11.6 Å². The number of benzene rings is 2. The molecule has 0 aromatic heterocycles. The molecule has 2 rings (SSSR count). The first-order chi connectivity index (χ1) is 8.65. The lowest BCUT2D eigenvalue weighted by molar-refractivity contribution is 0.199. The number of halogens is 1. The summed E-state index contributed by atoms with van der Waals surface area (Å²) in [5, 5.41) is 10.1. The van der Waals surface area contributed by atoms with E-state index in [0.29, 0.717) is 11.6 Å². The van der Waals surface area contributed by atoms with Crippen molar-refractivity contribution in [2.45, 2.75) is 19.6 Å². The van der Waals surface area contributed by atoms with E-state index in [1.165, 1.54) is 0 Å². The lowest BCUT2D eigenvalue weighted by atomic mass is 10.1. The SMILES string of the molecule is C[C@H](O)c1ccc(OCc2cccc(Cl)c2)cc1. The van der Waals surface area contributed by atoms with Crippen LogP contribution in [0.25, 0.3) is 0 Å². The van der Waals surface area contributed by atoms with Gasteiger partial charge in [-0.25, -0.2) is 0 Å². The molecular weight excluding hydrogens is 248 g/mol. The minimum absolute atomic E-state index is 0.452. The number of ether oxygens (including phenoxy) is 1. The summed E-state index contributed by atoms with van der Waals surface area (Å²) in [7, 11) is 0. The molecule has 94 valence electrons. The van der Waals surface area contributed by atoms with Crippen LogP contribution in [0.15, 0.2) is 48.5 Å². The summed E-state index contributed by atoms with van der Waals surface area (Å²) in [5.41, 5.74) is 1.91. The van der Waals surface area contributed by atoms with E-state index in [1.807, 2.05) is 48.5 Å². The van der Waals surface area contributed by atoms with Crippen LogP contribution in [0.3, 0.4) is 0 Å². The van der Waals surface area contributed by atoms with Crippen molar-refractivity contribution in [2.24, 2.45) is 0 Å². The van der Waals surface area contributed by atoms with Crippen LogP contribution in [-0.4, -0.2) is 5.11 Å². The van der Waals surface area contributed by atoms with Gasteiger partial charge >= 0.3 is 0 Å². The predicted octanol–water partition coefficient (Wildman–Crippen LogP) is 3.97. The largest absolute Gasteiger partial charge is 0.489 e. The monoisotopic (exact) mass is 262 g/mol. The Balaban J connectivity index is 1.98. The molecule has 0 saturated heterocycles. The van der Waals surface area contributed by atoms with Crippen LogP contribution in [0.5, 0.6) is 5.75 Å². The molecule has 1 N–H and O–H groups in total. The van der Waals surface area contributed by atoms with Crippen molar-refractivity contribution in [3.05, 3.63) is 64.7 Å². The van der Waals surface area contributed by atoms with E-state index in [0.717, 1.165) is 16.9 Å². The van der Waals surface area contributed by atoms with Gasteiger partial charge in [0.1, 0.15) is 12.4 Å². The highest BCUT2D eigenvalue weighted by Gasteiger charge is 2.01. The quantitative estimate of drug-likeness (QED) is 0.903. The Kier molecular flexibility index (Phi) is 4.24. The molecule has 0 bridgehead atoms. The average molecular weight is 263 g/mol. The van der Waals surface area contributed by atoms with Gasteiger partial charge in [0.15, 0.2) is 0 Å². The van der Waals surface area contributed by atoms with Crippen LogP contribution in [0.2, 0.25) is 5.02 Å². The minimum atomic E-state index is -0.452. The van der Waals surface area contributed by atoms with Crippen LogP contribution in [-0.2, 0) is 6.61 Å². The van der Waals surface area contributed by atoms with Crippen LogP contribution in [0.1, 0.15) is 24.2 Å². The smallest absolute Gasteiger partial charge is 0.119 e. The van der Waals surface area contributed by atoms with Gasteiger partial charge in [0.2, 0.25) is 0 Å². The number of aliphatic hydroxyl groups excluding tert-OH is 1. The highest BCUT2D eigenvalue weighted by molar-refractivity contribution is 6.30.